The zero-order chi connectivity index (χ0) is 10.7. The molecule has 2 rings (SSSR count). The molecule has 86 valence electrons. The molecule has 4 heteroatoms. The van der Waals surface area contributed by atoms with Crippen molar-refractivity contribution < 1.29 is 14.3 Å². The van der Waals surface area contributed by atoms with E-state index in [1.54, 1.807) is 0 Å². The maximum atomic E-state index is 11.4. The van der Waals surface area contributed by atoms with Gasteiger partial charge in [0.1, 0.15) is 6.61 Å². The van der Waals surface area contributed by atoms with Gasteiger partial charge in [-0.1, -0.05) is 0 Å². The Bertz CT molecular complexity index is 232. The Morgan fingerprint density at radius 3 is 2.73 bits per heavy atom. The van der Waals surface area contributed by atoms with E-state index in [2.05, 4.69) is 12.2 Å². The van der Waals surface area contributed by atoms with E-state index in [-0.39, 0.29) is 18.1 Å². The molecule has 1 amide bonds. The molecule has 0 bridgehead atoms. The Kier molecular flexibility index (Phi) is 3.26. The molecule has 1 aliphatic heterocycles. The minimum Gasteiger partial charge on any atom is -0.381 e. The molecule has 2 aliphatic rings. The molecule has 1 N–H and O–H groups in total. The molecule has 0 unspecified atom stereocenters. The van der Waals surface area contributed by atoms with Gasteiger partial charge in [-0.15, -0.1) is 0 Å². The van der Waals surface area contributed by atoms with Crippen LogP contribution in [0.4, 0.5) is 0 Å². The van der Waals surface area contributed by atoms with Gasteiger partial charge < -0.3 is 14.8 Å². The van der Waals surface area contributed by atoms with Crippen LogP contribution in [0.3, 0.4) is 0 Å². The standard InChI is InChI=1S/C11H19NO3/c1-11(4-6-14-7-5-11)15-8-10(13)12-9-2-3-9/h9H,2-8H2,1H3,(H,12,13). The first-order chi connectivity index (χ1) is 7.18. The van der Waals surface area contributed by atoms with Crippen molar-refractivity contribution in [3.05, 3.63) is 0 Å². The summed E-state index contributed by atoms with van der Waals surface area (Å²) in [6.07, 6.45) is 4.00. The van der Waals surface area contributed by atoms with Crippen molar-refractivity contribution in [3.8, 4) is 0 Å². The third-order valence-electron chi connectivity index (χ3n) is 3.04. The molecule has 1 aliphatic carbocycles. The van der Waals surface area contributed by atoms with E-state index in [0.717, 1.165) is 38.9 Å². The van der Waals surface area contributed by atoms with Crippen molar-refractivity contribution >= 4 is 5.91 Å². The van der Waals surface area contributed by atoms with Crippen LogP contribution in [0.5, 0.6) is 0 Å². The van der Waals surface area contributed by atoms with Gasteiger partial charge in [0.15, 0.2) is 0 Å². The molecule has 1 heterocycles. The Morgan fingerprint density at radius 1 is 1.47 bits per heavy atom. The lowest BCUT2D eigenvalue weighted by molar-refractivity contribution is -0.140. The Labute approximate surface area is 90.3 Å². The first-order valence-corrected chi connectivity index (χ1v) is 5.69. The van der Waals surface area contributed by atoms with Gasteiger partial charge in [-0.2, -0.15) is 0 Å². The van der Waals surface area contributed by atoms with Crippen LogP contribution in [-0.4, -0.2) is 37.4 Å². The maximum absolute atomic E-state index is 11.4. The van der Waals surface area contributed by atoms with Crippen molar-refractivity contribution in [1.82, 2.24) is 5.32 Å². The average Bonchev–Trinajstić information content (AvgIpc) is 3.00. The zero-order valence-electron chi connectivity index (χ0n) is 9.25. The minimum atomic E-state index is -0.168. The summed E-state index contributed by atoms with van der Waals surface area (Å²) in [5, 5.41) is 2.92. The summed E-state index contributed by atoms with van der Waals surface area (Å²) in [6, 6.07) is 0.420. The normalized spacial score (nSPS) is 24.9. The van der Waals surface area contributed by atoms with Crippen LogP contribution in [0.1, 0.15) is 32.6 Å². The van der Waals surface area contributed by atoms with Crippen LogP contribution in [0.25, 0.3) is 0 Å². The van der Waals surface area contributed by atoms with Gasteiger partial charge in [-0.25, -0.2) is 0 Å². The lowest BCUT2D eigenvalue weighted by atomic mass is 9.97. The van der Waals surface area contributed by atoms with Gasteiger partial charge >= 0.3 is 0 Å². The quantitative estimate of drug-likeness (QED) is 0.753. The first-order valence-electron chi connectivity index (χ1n) is 5.69. The Balaban J connectivity index is 1.68. The van der Waals surface area contributed by atoms with E-state index in [4.69, 9.17) is 9.47 Å². The van der Waals surface area contributed by atoms with E-state index in [9.17, 15) is 4.79 Å². The predicted molar refractivity (Wildman–Crippen MR) is 55.6 cm³/mol. The van der Waals surface area contributed by atoms with Crippen molar-refractivity contribution in [2.45, 2.75) is 44.2 Å². The largest absolute Gasteiger partial charge is 0.381 e. The molecule has 4 nitrogen and oxygen atoms in total. The summed E-state index contributed by atoms with van der Waals surface area (Å²) in [5.41, 5.74) is -0.168. The highest BCUT2D eigenvalue weighted by atomic mass is 16.5. The summed E-state index contributed by atoms with van der Waals surface area (Å²) in [6.45, 7) is 3.72. The summed E-state index contributed by atoms with van der Waals surface area (Å²) in [5.74, 6) is 0.0187. The summed E-state index contributed by atoms with van der Waals surface area (Å²) in [4.78, 5) is 11.4. The maximum Gasteiger partial charge on any atom is 0.246 e. The zero-order valence-corrected chi connectivity index (χ0v) is 9.25. The molecule has 1 saturated heterocycles. The fraction of sp³-hybridized carbons (Fsp3) is 0.909. The van der Waals surface area contributed by atoms with E-state index in [1.807, 2.05) is 0 Å². The molecule has 2 fully saturated rings. The van der Waals surface area contributed by atoms with Crippen LogP contribution in [0, 0.1) is 0 Å². The number of carbonyl (C=O) groups is 1. The van der Waals surface area contributed by atoms with Gasteiger partial charge in [0.05, 0.1) is 5.60 Å². The predicted octanol–water partition coefficient (Wildman–Crippen LogP) is 0.851. The number of hydrogen-bond donors (Lipinski definition) is 1. The molecule has 0 atom stereocenters. The van der Waals surface area contributed by atoms with Gasteiger partial charge in [0.25, 0.3) is 0 Å². The Hall–Kier alpha value is -0.610. The molecule has 0 aromatic rings. The third kappa shape index (κ3) is 3.47. The number of carbonyl (C=O) groups excluding carboxylic acids is 1. The van der Waals surface area contributed by atoms with Gasteiger partial charge in [-0.3, -0.25) is 4.79 Å². The van der Waals surface area contributed by atoms with E-state index in [0.29, 0.717) is 6.04 Å². The van der Waals surface area contributed by atoms with Crippen LogP contribution in [0.2, 0.25) is 0 Å². The second kappa shape index (κ2) is 4.49. The van der Waals surface area contributed by atoms with Crippen LogP contribution in [-0.2, 0) is 14.3 Å². The highest BCUT2D eigenvalue weighted by molar-refractivity contribution is 5.77. The summed E-state index contributed by atoms with van der Waals surface area (Å²) in [7, 11) is 0. The van der Waals surface area contributed by atoms with Crippen molar-refractivity contribution in [2.24, 2.45) is 0 Å². The van der Waals surface area contributed by atoms with Crippen molar-refractivity contribution in [1.29, 1.82) is 0 Å². The van der Waals surface area contributed by atoms with Crippen molar-refractivity contribution in [2.75, 3.05) is 19.8 Å². The highest BCUT2D eigenvalue weighted by Gasteiger charge is 2.30. The first kappa shape index (κ1) is 10.9. The smallest absolute Gasteiger partial charge is 0.246 e. The molecule has 0 radical (unpaired) electrons. The van der Waals surface area contributed by atoms with Gasteiger partial charge in [-0.05, 0) is 32.6 Å². The molecule has 0 aromatic heterocycles. The minimum absolute atomic E-state index is 0.0187. The number of nitrogens with one attached hydrogen (secondary N) is 1. The molecule has 1 saturated carbocycles. The molecular formula is C11H19NO3. The summed E-state index contributed by atoms with van der Waals surface area (Å²) < 4.78 is 10.9. The number of amides is 1. The summed E-state index contributed by atoms with van der Waals surface area (Å²) >= 11 is 0. The second-order valence-electron chi connectivity index (χ2n) is 4.69. The lowest BCUT2D eigenvalue weighted by Gasteiger charge is -2.33. The van der Waals surface area contributed by atoms with E-state index in [1.165, 1.54) is 0 Å². The Morgan fingerprint density at radius 2 is 2.13 bits per heavy atom. The van der Waals surface area contributed by atoms with Gasteiger partial charge in [0, 0.05) is 19.3 Å². The topological polar surface area (TPSA) is 47.6 Å². The van der Waals surface area contributed by atoms with Gasteiger partial charge in [0.2, 0.25) is 5.91 Å². The fourth-order valence-corrected chi connectivity index (χ4v) is 1.68. The van der Waals surface area contributed by atoms with E-state index >= 15 is 0 Å². The van der Waals surface area contributed by atoms with Crippen LogP contribution in [0.15, 0.2) is 0 Å². The highest BCUT2D eigenvalue weighted by Crippen LogP contribution is 2.24. The molecule has 0 aromatic carbocycles. The number of ether oxygens (including phenoxy) is 2. The van der Waals surface area contributed by atoms with Crippen molar-refractivity contribution in [3.63, 3.8) is 0 Å². The average molecular weight is 213 g/mol. The number of hydrogen-bond acceptors (Lipinski definition) is 3. The second-order valence-corrected chi connectivity index (χ2v) is 4.69. The molecule has 0 spiro atoms. The van der Waals surface area contributed by atoms with Crippen LogP contribution < -0.4 is 5.32 Å². The number of rotatable bonds is 4. The molecule has 15 heavy (non-hydrogen) atoms. The third-order valence-corrected chi connectivity index (χ3v) is 3.04. The lowest BCUT2D eigenvalue weighted by Crippen LogP contribution is -2.40. The SMILES string of the molecule is CC1(OCC(=O)NC2CC2)CCOCC1. The monoisotopic (exact) mass is 213 g/mol. The molecular weight excluding hydrogens is 194 g/mol. The van der Waals surface area contributed by atoms with Crippen LogP contribution >= 0.6 is 0 Å². The fourth-order valence-electron chi connectivity index (χ4n) is 1.68. The van der Waals surface area contributed by atoms with E-state index < -0.39 is 0 Å².